The molecule has 0 saturated heterocycles. The molecule has 0 aromatic carbocycles. The molecule has 0 radical (unpaired) electrons. The highest BCUT2D eigenvalue weighted by molar-refractivity contribution is 5.27. The van der Waals surface area contributed by atoms with Crippen LogP contribution in [0.1, 0.15) is 18.1 Å². The van der Waals surface area contributed by atoms with E-state index in [1.54, 1.807) is 6.07 Å². The lowest BCUT2D eigenvalue weighted by molar-refractivity contribution is -0.182. The fraction of sp³-hybridized carbons (Fsp3) is 0.538. The second-order valence-corrected chi connectivity index (χ2v) is 5.20. The average molecular weight is 328 g/mol. The molecule has 23 heavy (non-hydrogen) atoms. The van der Waals surface area contributed by atoms with E-state index in [1.165, 1.54) is 17.9 Å². The minimum Gasteiger partial charge on any atom is -0.481 e. The summed E-state index contributed by atoms with van der Waals surface area (Å²) in [5, 5.41) is 10.8. The monoisotopic (exact) mass is 328 g/mol. The summed E-state index contributed by atoms with van der Waals surface area (Å²) in [6, 6.07) is 1.60. The molecule has 3 heterocycles. The first kappa shape index (κ1) is 15.5. The molecule has 7 nitrogen and oxygen atoms in total. The normalized spacial score (nSPS) is 17.7. The summed E-state index contributed by atoms with van der Waals surface area (Å²) in [6.07, 6.45) is -2.36. The fourth-order valence-corrected chi connectivity index (χ4v) is 2.48. The molecule has 0 aliphatic carbocycles. The first-order chi connectivity index (χ1) is 11.0. The smallest absolute Gasteiger partial charge is 0.393 e. The van der Waals surface area contributed by atoms with Gasteiger partial charge in [-0.25, -0.2) is 4.98 Å². The highest BCUT2D eigenvalue weighted by Gasteiger charge is 2.42. The van der Waals surface area contributed by atoms with Gasteiger partial charge in [-0.3, -0.25) is 0 Å². The molecule has 124 valence electrons. The number of rotatable bonds is 4. The predicted molar refractivity (Wildman–Crippen MR) is 73.8 cm³/mol. The highest BCUT2D eigenvalue weighted by Crippen LogP contribution is 2.34. The molecule has 0 amide bonds. The lowest BCUT2D eigenvalue weighted by Crippen LogP contribution is -2.33. The van der Waals surface area contributed by atoms with Crippen molar-refractivity contribution in [3.63, 3.8) is 0 Å². The van der Waals surface area contributed by atoms with Crippen molar-refractivity contribution in [1.29, 1.82) is 0 Å². The Morgan fingerprint density at radius 2 is 2.22 bits per heavy atom. The van der Waals surface area contributed by atoms with Gasteiger partial charge in [0.1, 0.15) is 5.82 Å². The van der Waals surface area contributed by atoms with Crippen LogP contribution in [0.15, 0.2) is 12.3 Å². The lowest BCUT2D eigenvalue weighted by Gasteiger charge is -2.26. The van der Waals surface area contributed by atoms with Gasteiger partial charge in [0, 0.05) is 25.2 Å². The van der Waals surface area contributed by atoms with Crippen LogP contribution in [-0.2, 0) is 19.5 Å². The summed E-state index contributed by atoms with van der Waals surface area (Å²) in [5.41, 5.74) is 0. The van der Waals surface area contributed by atoms with Crippen molar-refractivity contribution in [1.82, 2.24) is 24.7 Å². The van der Waals surface area contributed by atoms with Crippen LogP contribution in [-0.4, -0.2) is 38.0 Å². The number of aromatic nitrogens is 5. The first-order valence-electron chi connectivity index (χ1n) is 7.06. The zero-order valence-corrected chi connectivity index (χ0v) is 12.3. The average Bonchev–Trinajstić information content (AvgIpc) is 2.94. The Morgan fingerprint density at radius 1 is 1.39 bits per heavy atom. The summed E-state index contributed by atoms with van der Waals surface area (Å²) >= 11 is 0. The molecule has 0 saturated carbocycles. The van der Waals surface area contributed by atoms with E-state index >= 15 is 0 Å². The summed E-state index contributed by atoms with van der Waals surface area (Å²) in [7, 11) is 1.48. The van der Waals surface area contributed by atoms with Crippen molar-refractivity contribution >= 4 is 5.95 Å². The zero-order valence-electron chi connectivity index (χ0n) is 12.3. The third-order valence-corrected chi connectivity index (χ3v) is 3.73. The maximum atomic E-state index is 12.9. The lowest BCUT2D eigenvalue weighted by atomic mass is 9.99. The first-order valence-corrected chi connectivity index (χ1v) is 7.06. The summed E-state index contributed by atoms with van der Waals surface area (Å²) in [4.78, 5) is 8.09. The van der Waals surface area contributed by atoms with Crippen molar-refractivity contribution in [2.24, 2.45) is 5.92 Å². The molecule has 0 bridgehead atoms. The molecule has 0 fully saturated rings. The molecule has 1 atom stereocenters. The van der Waals surface area contributed by atoms with Gasteiger partial charge in [-0.15, -0.1) is 10.2 Å². The molecule has 1 aliphatic rings. The van der Waals surface area contributed by atoms with Gasteiger partial charge < -0.3 is 14.6 Å². The van der Waals surface area contributed by atoms with Crippen LogP contribution < -0.4 is 10.1 Å². The van der Waals surface area contributed by atoms with Crippen LogP contribution in [0.4, 0.5) is 19.1 Å². The van der Waals surface area contributed by atoms with Crippen molar-refractivity contribution < 1.29 is 17.9 Å². The summed E-state index contributed by atoms with van der Waals surface area (Å²) in [5.74, 6) is 0.347. The summed E-state index contributed by atoms with van der Waals surface area (Å²) < 4.78 is 45.2. The van der Waals surface area contributed by atoms with Gasteiger partial charge in [-0.1, -0.05) is 0 Å². The Hall–Kier alpha value is -2.39. The Labute approximate surface area is 129 Å². The number of aryl methyl sites for hydroxylation is 1. The molecule has 10 heteroatoms. The number of ether oxygens (including phenoxy) is 1. The van der Waals surface area contributed by atoms with Crippen LogP contribution >= 0.6 is 0 Å². The largest absolute Gasteiger partial charge is 0.481 e. The maximum absolute atomic E-state index is 12.9. The van der Waals surface area contributed by atoms with Gasteiger partial charge in [0.15, 0.2) is 5.82 Å². The van der Waals surface area contributed by atoms with E-state index in [4.69, 9.17) is 4.74 Å². The molecular formula is C13H15F3N6O. The van der Waals surface area contributed by atoms with Crippen LogP contribution in [0, 0.1) is 5.92 Å². The Morgan fingerprint density at radius 3 is 2.96 bits per heavy atom. The number of anilines is 1. The van der Waals surface area contributed by atoms with Crippen molar-refractivity contribution in [2.45, 2.75) is 32.1 Å². The maximum Gasteiger partial charge on any atom is 0.393 e. The number of nitrogens with zero attached hydrogens (tertiary/aromatic N) is 5. The molecule has 3 rings (SSSR count). The second-order valence-electron chi connectivity index (χ2n) is 5.20. The van der Waals surface area contributed by atoms with Gasteiger partial charge >= 0.3 is 6.18 Å². The van der Waals surface area contributed by atoms with Gasteiger partial charge in [-0.2, -0.15) is 18.2 Å². The Bertz CT molecular complexity index is 687. The van der Waals surface area contributed by atoms with Crippen LogP contribution in [0.25, 0.3) is 0 Å². The van der Waals surface area contributed by atoms with Crippen molar-refractivity contribution in [3.05, 3.63) is 23.9 Å². The van der Waals surface area contributed by atoms with E-state index < -0.39 is 12.1 Å². The zero-order chi connectivity index (χ0) is 16.4. The minimum atomic E-state index is -4.21. The number of hydrogen-bond donors (Lipinski definition) is 1. The van der Waals surface area contributed by atoms with Crippen molar-refractivity contribution in [2.75, 3.05) is 12.4 Å². The Balaban J connectivity index is 1.72. The number of fused-ring (bicyclic) bond motifs is 1. The number of hydrogen-bond acceptors (Lipinski definition) is 6. The molecule has 1 unspecified atom stereocenters. The molecule has 2 aromatic rings. The number of nitrogens with one attached hydrogen (secondary N) is 1. The third-order valence-electron chi connectivity index (χ3n) is 3.73. The van der Waals surface area contributed by atoms with Gasteiger partial charge in [0.05, 0.1) is 19.6 Å². The Kier molecular flexibility index (Phi) is 4.05. The van der Waals surface area contributed by atoms with Gasteiger partial charge in [-0.05, 0) is 6.42 Å². The van der Waals surface area contributed by atoms with E-state index in [-0.39, 0.29) is 25.9 Å². The topological polar surface area (TPSA) is 77.8 Å². The van der Waals surface area contributed by atoms with Gasteiger partial charge in [0.25, 0.3) is 0 Å². The number of halogens is 3. The van der Waals surface area contributed by atoms with E-state index in [2.05, 4.69) is 25.5 Å². The molecular weight excluding hydrogens is 313 g/mol. The quantitative estimate of drug-likeness (QED) is 0.922. The number of alkyl halides is 3. The van der Waals surface area contributed by atoms with Crippen molar-refractivity contribution in [3.8, 4) is 5.88 Å². The van der Waals surface area contributed by atoms with E-state index in [9.17, 15) is 13.2 Å². The standard InChI is InChI=1S/C13H15F3N6O/c1-23-11-4-5-17-12(19-11)18-6-10-21-20-9-3-2-8(7-22(9)10)13(14,15)16/h4-5,8H,2-3,6-7H2,1H3,(H,17,18,19). The molecule has 2 aromatic heterocycles. The number of methoxy groups -OCH3 is 1. The molecule has 1 aliphatic heterocycles. The molecule has 0 spiro atoms. The van der Waals surface area contributed by atoms with E-state index in [0.717, 1.165) is 0 Å². The predicted octanol–water partition coefficient (Wildman–Crippen LogP) is 1.81. The van der Waals surface area contributed by atoms with E-state index in [0.29, 0.717) is 23.5 Å². The van der Waals surface area contributed by atoms with Crippen LogP contribution in [0.2, 0.25) is 0 Å². The van der Waals surface area contributed by atoms with Crippen LogP contribution in [0.3, 0.4) is 0 Å². The fourth-order valence-electron chi connectivity index (χ4n) is 2.48. The minimum absolute atomic E-state index is 0.0497. The summed E-state index contributed by atoms with van der Waals surface area (Å²) in [6.45, 7) is 0.0343. The second kappa shape index (κ2) is 6.01. The third kappa shape index (κ3) is 3.35. The van der Waals surface area contributed by atoms with Gasteiger partial charge in [0.2, 0.25) is 11.8 Å². The SMILES string of the molecule is COc1ccnc(NCc2nnc3n2CC(C(F)(F)F)CC3)n1. The van der Waals surface area contributed by atoms with E-state index in [1.807, 2.05) is 0 Å². The highest BCUT2D eigenvalue weighted by atomic mass is 19.4. The van der Waals surface area contributed by atoms with Crippen LogP contribution in [0.5, 0.6) is 5.88 Å². The molecule has 1 N–H and O–H groups in total.